The Bertz CT molecular complexity index is 315. The van der Waals surface area contributed by atoms with E-state index in [1.54, 1.807) is 0 Å². The molecular formula is C13H24N4. The number of aryl methyl sites for hydroxylation is 1. The summed E-state index contributed by atoms with van der Waals surface area (Å²) in [4.78, 5) is 2.57. The lowest BCUT2D eigenvalue weighted by atomic mass is 10.1. The largest absolute Gasteiger partial charge is 0.315 e. The van der Waals surface area contributed by atoms with Crippen LogP contribution in [0.15, 0.2) is 12.3 Å². The molecule has 0 aliphatic carbocycles. The van der Waals surface area contributed by atoms with E-state index in [0.29, 0.717) is 0 Å². The first-order chi connectivity index (χ1) is 8.36. The number of nitrogens with zero attached hydrogens (tertiary/aromatic N) is 3. The van der Waals surface area contributed by atoms with Gasteiger partial charge in [0.25, 0.3) is 0 Å². The third-order valence-corrected chi connectivity index (χ3v) is 3.53. The predicted octanol–water partition coefficient (Wildman–Crippen LogP) is 1.04. The summed E-state index contributed by atoms with van der Waals surface area (Å²) in [6.45, 7) is 5.95. The van der Waals surface area contributed by atoms with Gasteiger partial charge < -0.3 is 10.2 Å². The third kappa shape index (κ3) is 4.13. The maximum absolute atomic E-state index is 4.17. The molecule has 0 unspecified atom stereocenters. The molecule has 1 fully saturated rings. The Morgan fingerprint density at radius 1 is 1.24 bits per heavy atom. The zero-order valence-corrected chi connectivity index (χ0v) is 10.9. The van der Waals surface area contributed by atoms with E-state index in [4.69, 9.17) is 0 Å². The average Bonchev–Trinajstić information content (AvgIpc) is 2.76. The summed E-state index contributed by atoms with van der Waals surface area (Å²) in [5.41, 5.74) is 1.30. The zero-order valence-electron chi connectivity index (χ0n) is 10.9. The van der Waals surface area contributed by atoms with Crippen LogP contribution in [0.5, 0.6) is 0 Å². The monoisotopic (exact) mass is 236 g/mol. The van der Waals surface area contributed by atoms with Crippen LogP contribution in [0, 0.1) is 0 Å². The van der Waals surface area contributed by atoms with Crippen LogP contribution < -0.4 is 5.32 Å². The fourth-order valence-corrected chi connectivity index (χ4v) is 2.41. The van der Waals surface area contributed by atoms with Gasteiger partial charge in [0.1, 0.15) is 0 Å². The van der Waals surface area contributed by atoms with Crippen molar-refractivity contribution in [2.45, 2.75) is 25.7 Å². The number of hydrogen-bond donors (Lipinski definition) is 1. The Hall–Kier alpha value is -0.870. The van der Waals surface area contributed by atoms with Crippen LogP contribution in [0.1, 0.15) is 25.0 Å². The highest BCUT2D eigenvalue weighted by Crippen LogP contribution is 2.07. The molecule has 0 bridgehead atoms. The van der Waals surface area contributed by atoms with Crippen LogP contribution >= 0.6 is 0 Å². The molecule has 4 heteroatoms. The lowest BCUT2D eigenvalue weighted by Gasteiger charge is -2.26. The minimum atomic E-state index is 1.05. The molecule has 1 aromatic heterocycles. The minimum absolute atomic E-state index is 1.05. The van der Waals surface area contributed by atoms with E-state index in [1.807, 2.05) is 17.9 Å². The van der Waals surface area contributed by atoms with Crippen molar-refractivity contribution in [3.63, 3.8) is 0 Å². The standard InChI is InChI=1S/C13H24N4/c1-16-13(6-8-15-16)5-7-14-9-12-17-10-3-2-4-11-17/h6,8,14H,2-5,7,9-12H2,1H3. The van der Waals surface area contributed by atoms with Gasteiger partial charge in [-0.15, -0.1) is 0 Å². The van der Waals surface area contributed by atoms with Gasteiger partial charge in [-0.1, -0.05) is 6.42 Å². The van der Waals surface area contributed by atoms with Crippen LogP contribution in [0.4, 0.5) is 0 Å². The van der Waals surface area contributed by atoms with E-state index in [-0.39, 0.29) is 0 Å². The molecule has 0 spiro atoms. The van der Waals surface area contributed by atoms with Gasteiger partial charge >= 0.3 is 0 Å². The number of rotatable bonds is 6. The summed E-state index contributed by atoms with van der Waals surface area (Å²) < 4.78 is 1.95. The molecule has 2 heterocycles. The highest BCUT2D eigenvalue weighted by atomic mass is 15.3. The molecule has 2 rings (SSSR count). The van der Waals surface area contributed by atoms with Crippen LogP contribution in [-0.4, -0.2) is 47.4 Å². The molecule has 1 aromatic rings. The molecule has 0 radical (unpaired) electrons. The molecule has 0 aromatic carbocycles. The zero-order chi connectivity index (χ0) is 11.9. The smallest absolute Gasteiger partial charge is 0.0492 e. The Labute approximate surface area is 104 Å². The first kappa shape index (κ1) is 12.6. The van der Waals surface area contributed by atoms with Crippen molar-refractivity contribution in [2.75, 3.05) is 32.7 Å². The second kappa shape index (κ2) is 6.77. The maximum atomic E-state index is 4.17. The van der Waals surface area contributed by atoms with Crippen LogP contribution in [0.2, 0.25) is 0 Å². The summed E-state index contributed by atoms with van der Waals surface area (Å²) >= 11 is 0. The van der Waals surface area contributed by atoms with Crippen molar-refractivity contribution in [2.24, 2.45) is 7.05 Å². The van der Waals surface area contributed by atoms with E-state index in [2.05, 4.69) is 21.4 Å². The van der Waals surface area contributed by atoms with Crippen molar-refractivity contribution in [1.29, 1.82) is 0 Å². The molecular weight excluding hydrogens is 212 g/mol. The Morgan fingerprint density at radius 3 is 2.76 bits per heavy atom. The van der Waals surface area contributed by atoms with Gasteiger partial charge in [-0.2, -0.15) is 5.10 Å². The van der Waals surface area contributed by atoms with Gasteiger partial charge in [-0.3, -0.25) is 4.68 Å². The molecule has 1 aliphatic heterocycles. The Morgan fingerprint density at radius 2 is 2.06 bits per heavy atom. The number of likely N-dealkylation sites (tertiary alicyclic amines) is 1. The summed E-state index contributed by atoms with van der Waals surface area (Å²) in [5, 5.41) is 7.69. The third-order valence-electron chi connectivity index (χ3n) is 3.53. The molecule has 1 N–H and O–H groups in total. The molecule has 1 saturated heterocycles. The first-order valence-corrected chi connectivity index (χ1v) is 6.76. The highest BCUT2D eigenvalue weighted by molar-refractivity contribution is 5.00. The number of aromatic nitrogens is 2. The van der Waals surface area contributed by atoms with Crippen molar-refractivity contribution >= 4 is 0 Å². The van der Waals surface area contributed by atoms with Crippen molar-refractivity contribution < 1.29 is 0 Å². The highest BCUT2D eigenvalue weighted by Gasteiger charge is 2.08. The summed E-state index contributed by atoms with van der Waals surface area (Å²) in [5.74, 6) is 0. The lowest BCUT2D eigenvalue weighted by Crippen LogP contribution is -2.36. The second-order valence-corrected chi connectivity index (χ2v) is 4.85. The molecule has 0 amide bonds. The average molecular weight is 236 g/mol. The number of nitrogens with one attached hydrogen (secondary N) is 1. The van der Waals surface area contributed by atoms with E-state index in [1.165, 1.54) is 44.6 Å². The van der Waals surface area contributed by atoms with Crippen molar-refractivity contribution in [1.82, 2.24) is 20.0 Å². The summed E-state index contributed by atoms with van der Waals surface area (Å²) in [6.07, 6.45) is 7.12. The lowest BCUT2D eigenvalue weighted by molar-refractivity contribution is 0.229. The van der Waals surface area contributed by atoms with Gasteiger partial charge in [0.15, 0.2) is 0 Å². The van der Waals surface area contributed by atoms with E-state index < -0.39 is 0 Å². The first-order valence-electron chi connectivity index (χ1n) is 6.76. The Balaban J connectivity index is 1.53. The van der Waals surface area contributed by atoms with Gasteiger partial charge in [-0.25, -0.2) is 0 Å². The van der Waals surface area contributed by atoms with Gasteiger partial charge in [0.2, 0.25) is 0 Å². The van der Waals surface area contributed by atoms with E-state index in [0.717, 1.165) is 19.5 Å². The fourth-order valence-electron chi connectivity index (χ4n) is 2.41. The van der Waals surface area contributed by atoms with E-state index >= 15 is 0 Å². The summed E-state index contributed by atoms with van der Waals surface area (Å²) in [6, 6.07) is 2.09. The second-order valence-electron chi connectivity index (χ2n) is 4.85. The van der Waals surface area contributed by atoms with E-state index in [9.17, 15) is 0 Å². The van der Waals surface area contributed by atoms with Gasteiger partial charge in [0.05, 0.1) is 0 Å². The topological polar surface area (TPSA) is 33.1 Å². The SMILES string of the molecule is Cn1nccc1CCNCCN1CCCCC1. The molecule has 0 atom stereocenters. The maximum Gasteiger partial charge on any atom is 0.0492 e. The number of hydrogen-bond acceptors (Lipinski definition) is 3. The molecule has 4 nitrogen and oxygen atoms in total. The Kier molecular flexibility index (Phi) is 5.01. The van der Waals surface area contributed by atoms with Crippen molar-refractivity contribution in [3.8, 4) is 0 Å². The molecule has 1 aliphatic rings. The molecule has 96 valence electrons. The number of piperidine rings is 1. The van der Waals surface area contributed by atoms with Crippen molar-refractivity contribution in [3.05, 3.63) is 18.0 Å². The molecule has 17 heavy (non-hydrogen) atoms. The van der Waals surface area contributed by atoms with Gasteiger partial charge in [0, 0.05) is 45.0 Å². The fraction of sp³-hybridized carbons (Fsp3) is 0.769. The minimum Gasteiger partial charge on any atom is -0.315 e. The van der Waals surface area contributed by atoms with Crippen LogP contribution in [0.25, 0.3) is 0 Å². The quantitative estimate of drug-likeness (QED) is 0.749. The van der Waals surface area contributed by atoms with Crippen LogP contribution in [0.3, 0.4) is 0 Å². The summed E-state index contributed by atoms with van der Waals surface area (Å²) in [7, 11) is 2.00. The van der Waals surface area contributed by atoms with Gasteiger partial charge in [-0.05, 0) is 32.0 Å². The normalized spacial score (nSPS) is 17.5. The molecule has 0 saturated carbocycles. The van der Waals surface area contributed by atoms with Crippen LogP contribution in [-0.2, 0) is 13.5 Å². The predicted molar refractivity (Wildman–Crippen MR) is 70.1 cm³/mol.